The van der Waals surface area contributed by atoms with Crippen molar-refractivity contribution < 1.29 is 4.79 Å². The molecule has 2 unspecified atom stereocenters. The summed E-state index contributed by atoms with van der Waals surface area (Å²) in [5.41, 5.74) is 13.2. The topological polar surface area (TPSA) is 114 Å². The lowest BCUT2D eigenvalue weighted by Gasteiger charge is -2.38. The van der Waals surface area contributed by atoms with Crippen LogP contribution in [0.25, 0.3) is 5.69 Å². The van der Waals surface area contributed by atoms with Gasteiger partial charge < -0.3 is 26.2 Å². The van der Waals surface area contributed by atoms with Crippen LogP contribution >= 0.6 is 0 Å². The smallest absolute Gasteiger partial charge is 0.353 e. The van der Waals surface area contributed by atoms with E-state index in [1.54, 1.807) is 29.5 Å². The third kappa shape index (κ3) is 5.04. The van der Waals surface area contributed by atoms with Crippen molar-refractivity contribution in [3.63, 3.8) is 0 Å². The number of amides is 1. The average Bonchev–Trinajstić information content (AvgIpc) is 3.43. The average molecular weight is 508 g/mol. The third-order valence-electron chi connectivity index (χ3n) is 8.56. The molecule has 2 atom stereocenters. The van der Waals surface area contributed by atoms with Gasteiger partial charge in [-0.15, -0.1) is 0 Å². The van der Waals surface area contributed by atoms with Crippen molar-refractivity contribution in [2.24, 2.45) is 22.8 Å². The van der Waals surface area contributed by atoms with Crippen LogP contribution in [0.15, 0.2) is 41.3 Å². The maximum Gasteiger partial charge on any atom is 0.354 e. The summed E-state index contributed by atoms with van der Waals surface area (Å²) in [6.07, 6.45) is 3.08. The van der Waals surface area contributed by atoms with Gasteiger partial charge in [-0.25, -0.2) is 4.79 Å². The Balaban J connectivity index is 1.22. The zero-order valence-corrected chi connectivity index (χ0v) is 22.6. The summed E-state index contributed by atoms with van der Waals surface area (Å²) < 4.78 is 1.58. The molecule has 1 saturated carbocycles. The van der Waals surface area contributed by atoms with Gasteiger partial charge in [0.1, 0.15) is 5.82 Å². The van der Waals surface area contributed by atoms with Crippen molar-refractivity contribution >= 4 is 11.7 Å². The van der Waals surface area contributed by atoms with Gasteiger partial charge in [-0.1, -0.05) is 26.0 Å². The monoisotopic (exact) mass is 507 g/mol. The van der Waals surface area contributed by atoms with Crippen LogP contribution < -0.4 is 22.1 Å². The Morgan fingerprint density at radius 1 is 1.08 bits per heavy atom. The SMILES string of the molecule is CC(C)(N)C(=O)N1CCN(c2ccn(-c3ccc(C(C)(C)CN4CC5CC5(CN)C4)cc3)c(=O)n2)CC1. The fourth-order valence-electron chi connectivity index (χ4n) is 6.18. The van der Waals surface area contributed by atoms with Crippen LogP contribution in [0.3, 0.4) is 0 Å². The summed E-state index contributed by atoms with van der Waals surface area (Å²) in [4.78, 5) is 36.1. The number of rotatable bonds is 7. The Kier molecular flexibility index (Phi) is 6.45. The van der Waals surface area contributed by atoms with Crippen LogP contribution in [0.4, 0.5) is 5.82 Å². The number of piperazine rings is 1. The van der Waals surface area contributed by atoms with Crippen molar-refractivity contribution in [3.05, 3.63) is 52.6 Å². The van der Waals surface area contributed by atoms with Crippen LogP contribution in [-0.2, 0) is 10.2 Å². The first kappa shape index (κ1) is 25.9. The van der Waals surface area contributed by atoms with Crippen molar-refractivity contribution in [2.75, 3.05) is 57.3 Å². The van der Waals surface area contributed by atoms with Crippen LogP contribution in [-0.4, -0.2) is 83.2 Å². The van der Waals surface area contributed by atoms with Crippen molar-refractivity contribution in [2.45, 2.75) is 45.1 Å². The summed E-state index contributed by atoms with van der Waals surface area (Å²) in [6, 6.07) is 10.1. The first-order valence-corrected chi connectivity index (χ1v) is 13.4. The van der Waals surface area contributed by atoms with Gasteiger partial charge >= 0.3 is 5.69 Å². The maximum atomic E-state index is 12.9. The van der Waals surface area contributed by atoms with Crippen LogP contribution in [0.2, 0.25) is 0 Å². The minimum Gasteiger partial charge on any atom is -0.353 e. The zero-order valence-electron chi connectivity index (χ0n) is 22.6. The second-order valence-electron chi connectivity index (χ2n) is 12.5. The van der Waals surface area contributed by atoms with E-state index in [4.69, 9.17) is 11.5 Å². The van der Waals surface area contributed by atoms with E-state index in [0.29, 0.717) is 37.4 Å². The minimum absolute atomic E-state index is 0.000804. The number of benzene rings is 1. The maximum absolute atomic E-state index is 12.9. The molecule has 1 aromatic heterocycles. The largest absolute Gasteiger partial charge is 0.354 e. The first-order chi connectivity index (χ1) is 17.4. The van der Waals surface area contributed by atoms with Gasteiger partial charge in [0.25, 0.3) is 0 Å². The second-order valence-corrected chi connectivity index (χ2v) is 12.5. The minimum atomic E-state index is -0.881. The quantitative estimate of drug-likeness (QED) is 0.578. The molecule has 2 saturated heterocycles. The molecule has 1 aliphatic carbocycles. The number of aromatic nitrogens is 2. The summed E-state index contributed by atoms with van der Waals surface area (Å²) in [7, 11) is 0. The number of hydrogen-bond acceptors (Lipinski definition) is 7. The van der Waals surface area contributed by atoms with E-state index >= 15 is 0 Å². The number of fused-ring (bicyclic) bond motifs is 1. The Hall–Kier alpha value is -2.75. The molecule has 5 rings (SSSR count). The molecule has 37 heavy (non-hydrogen) atoms. The number of nitrogens with two attached hydrogens (primary N) is 2. The highest BCUT2D eigenvalue weighted by Crippen LogP contribution is 2.57. The van der Waals surface area contributed by atoms with Crippen molar-refractivity contribution in [1.82, 2.24) is 19.4 Å². The normalized spacial score (nSPS) is 24.3. The summed E-state index contributed by atoms with van der Waals surface area (Å²) in [6.45, 7) is 14.4. The first-order valence-electron chi connectivity index (χ1n) is 13.4. The number of nitrogens with zero attached hydrogens (tertiary/aromatic N) is 5. The lowest BCUT2D eigenvalue weighted by Crippen LogP contribution is -2.57. The molecule has 0 spiro atoms. The Morgan fingerprint density at radius 2 is 1.76 bits per heavy atom. The second kappa shape index (κ2) is 9.22. The predicted molar refractivity (Wildman–Crippen MR) is 146 cm³/mol. The summed E-state index contributed by atoms with van der Waals surface area (Å²) >= 11 is 0. The van der Waals surface area contributed by atoms with Gasteiger partial charge in [0.05, 0.1) is 11.2 Å². The number of carbonyl (C=O) groups is 1. The fourth-order valence-corrected chi connectivity index (χ4v) is 6.18. The number of hydrogen-bond donors (Lipinski definition) is 2. The molecule has 3 fully saturated rings. The number of carbonyl (C=O) groups excluding carboxylic acids is 1. The molecule has 200 valence electrons. The molecule has 0 radical (unpaired) electrons. The molecule has 1 amide bonds. The molecule has 1 aromatic carbocycles. The highest BCUT2D eigenvalue weighted by molar-refractivity contribution is 5.85. The Morgan fingerprint density at radius 3 is 2.32 bits per heavy atom. The molecule has 9 heteroatoms. The molecule has 2 aliphatic heterocycles. The molecular weight excluding hydrogens is 466 g/mol. The highest BCUT2D eigenvalue weighted by atomic mass is 16.2. The third-order valence-corrected chi connectivity index (χ3v) is 8.56. The predicted octanol–water partition coefficient (Wildman–Crippen LogP) is 1.18. The van der Waals surface area contributed by atoms with E-state index in [9.17, 15) is 9.59 Å². The van der Waals surface area contributed by atoms with Gasteiger partial charge in [0.2, 0.25) is 5.91 Å². The van der Waals surface area contributed by atoms with E-state index in [1.165, 1.54) is 12.0 Å². The van der Waals surface area contributed by atoms with E-state index in [2.05, 4.69) is 35.9 Å². The Bertz CT molecular complexity index is 1200. The molecule has 3 aliphatic rings. The van der Waals surface area contributed by atoms with Gasteiger partial charge in [0, 0.05) is 57.4 Å². The molecule has 2 aromatic rings. The number of anilines is 1. The van der Waals surface area contributed by atoms with Crippen molar-refractivity contribution in [3.8, 4) is 5.69 Å². The van der Waals surface area contributed by atoms with Crippen LogP contribution in [0.5, 0.6) is 0 Å². The van der Waals surface area contributed by atoms with E-state index < -0.39 is 5.54 Å². The van der Waals surface area contributed by atoms with Crippen LogP contribution in [0.1, 0.15) is 39.7 Å². The number of piperidine rings is 1. The van der Waals surface area contributed by atoms with E-state index in [-0.39, 0.29) is 17.0 Å². The Labute approximate surface area is 219 Å². The lowest BCUT2D eigenvalue weighted by atomic mass is 9.84. The highest BCUT2D eigenvalue weighted by Gasteiger charge is 2.58. The van der Waals surface area contributed by atoms with E-state index in [1.807, 2.05) is 23.1 Å². The molecular formula is C28H41N7O2. The van der Waals surface area contributed by atoms with Gasteiger partial charge in [-0.2, -0.15) is 4.98 Å². The molecule has 0 bridgehead atoms. The van der Waals surface area contributed by atoms with Gasteiger partial charge in [-0.3, -0.25) is 9.36 Å². The standard InChI is InChI=1S/C28H41N7O2/c1-26(2,18-32-16-21-15-28(21,17-29)19-32)20-5-7-22(8-6-20)35-10-9-23(31-25(35)37)33-11-13-34(14-12-33)24(36)27(3,4)30/h5-10,21H,11-19,29-30H2,1-4H3. The molecule has 3 heterocycles. The van der Waals surface area contributed by atoms with E-state index in [0.717, 1.165) is 37.8 Å². The number of likely N-dealkylation sites (tertiary alicyclic amines) is 1. The van der Waals surface area contributed by atoms with Gasteiger partial charge in [0.15, 0.2) is 0 Å². The summed E-state index contributed by atoms with van der Waals surface area (Å²) in [5, 5.41) is 0. The molecule has 4 N–H and O–H groups in total. The van der Waals surface area contributed by atoms with Gasteiger partial charge in [-0.05, 0) is 61.9 Å². The molecule has 9 nitrogen and oxygen atoms in total. The zero-order chi connectivity index (χ0) is 26.6. The summed E-state index contributed by atoms with van der Waals surface area (Å²) in [5.74, 6) is 1.36. The fraction of sp³-hybridized carbons (Fsp3) is 0.607. The lowest BCUT2D eigenvalue weighted by molar-refractivity contribution is -0.136. The van der Waals surface area contributed by atoms with Crippen LogP contribution in [0, 0.1) is 11.3 Å². The van der Waals surface area contributed by atoms with Crippen molar-refractivity contribution in [1.29, 1.82) is 0 Å².